The Bertz CT molecular complexity index is 945. The third kappa shape index (κ3) is 50.4. The fraction of sp³-hybridized carbons (Fsp3) is 0.981. The van der Waals surface area contributed by atoms with Gasteiger partial charge in [0, 0.05) is 13.0 Å². The van der Waals surface area contributed by atoms with Crippen molar-refractivity contribution in [2.24, 2.45) is 0 Å². The molecule has 0 rings (SSSR count). The number of phosphoric ester groups is 1. The monoisotopic (exact) mass is 888 g/mol. The molecule has 0 fully saturated rings. The summed E-state index contributed by atoms with van der Waals surface area (Å²) in [4.78, 5) is 25.2. The lowest BCUT2D eigenvalue weighted by atomic mass is 10.0. The molecule has 0 aliphatic rings. The van der Waals surface area contributed by atoms with Crippen LogP contribution in [0.15, 0.2) is 0 Å². The Hall–Kier alpha value is -0.500. The summed E-state index contributed by atoms with van der Waals surface area (Å²) in [5.41, 5.74) is 0. The molecule has 0 bridgehead atoms. The zero-order chi connectivity index (χ0) is 44.8. The number of quaternary nitrogens is 1. The van der Waals surface area contributed by atoms with Crippen LogP contribution >= 0.6 is 7.82 Å². The average Bonchev–Trinajstić information content (AvgIpc) is 3.22. The van der Waals surface area contributed by atoms with Crippen molar-refractivity contribution >= 4 is 13.8 Å². The van der Waals surface area contributed by atoms with Crippen LogP contribution in [0.2, 0.25) is 0 Å². The highest BCUT2D eigenvalue weighted by atomic mass is 31.2. The lowest BCUT2D eigenvalue weighted by Crippen LogP contribution is -2.37. The topological polar surface area (TPSA) is 94.1 Å². The fourth-order valence-electron chi connectivity index (χ4n) is 8.02. The SMILES string of the molecule is CCCCCCCCCCCCCCCCCCCCCCOC[C@H](COP(=O)([O-])OCC[N+](C)(C)C)OC(=O)CCCCCCCCCCCCCCCCCCCCC. The molecule has 0 aliphatic heterocycles. The standard InChI is InChI=1S/C52H106NO7P/c1-6-8-10-12-14-16-18-20-22-24-26-28-30-32-34-36-38-40-42-44-47-57-49-51(50-59-61(55,56)58-48-46-53(3,4)5)60-52(54)45-43-41-39-37-35-33-31-29-27-25-23-21-19-17-15-13-11-9-7-2/h51H,6-50H2,1-5H3/t51-/m1/s1. The van der Waals surface area contributed by atoms with E-state index in [4.69, 9.17) is 18.5 Å². The van der Waals surface area contributed by atoms with Gasteiger partial charge in [-0.2, -0.15) is 0 Å². The van der Waals surface area contributed by atoms with Crippen LogP contribution in [0.4, 0.5) is 0 Å². The van der Waals surface area contributed by atoms with E-state index >= 15 is 0 Å². The van der Waals surface area contributed by atoms with Gasteiger partial charge in [0.05, 0.1) is 34.4 Å². The van der Waals surface area contributed by atoms with Crippen molar-refractivity contribution < 1.29 is 37.3 Å². The van der Waals surface area contributed by atoms with Crippen LogP contribution in [0.5, 0.6) is 0 Å². The molecule has 0 radical (unpaired) electrons. The van der Waals surface area contributed by atoms with Gasteiger partial charge in [-0.05, 0) is 12.8 Å². The second-order valence-electron chi connectivity index (χ2n) is 19.6. The van der Waals surface area contributed by atoms with Crippen LogP contribution < -0.4 is 4.89 Å². The van der Waals surface area contributed by atoms with Gasteiger partial charge in [-0.25, -0.2) is 0 Å². The Morgan fingerprint density at radius 1 is 0.443 bits per heavy atom. The molecule has 0 heterocycles. The maximum Gasteiger partial charge on any atom is 0.306 e. The molecule has 0 aromatic heterocycles. The van der Waals surface area contributed by atoms with Crippen molar-refractivity contribution in [2.75, 3.05) is 54.1 Å². The highest BCUT2D eigenvalue weighted by molar-refractivity contribution is 7.45. The van der Waals surface area contributed by atoms with Crippen molar-refractivity contribution in [3.63, 3.8) is 0 Å². The second kappa shape index (κ2) is 46.0. The largest absolute Gasteiger partial charge is 0.756 e. The quantitative estimate of drug-likeness (QED) is 0.0260. The predicted molar refractivity (Wildman–Crippen MR) is 259 cm³/mol. The summed E-state index contributed by atoms with van der Waals surface area (Å²) in [7, 11) is 1.38. The molecule has 0 saturated heterocycles. The van der Waals surface area contributed by atoms with Gasteiger partial charge in [0.2, 0.25) is 0 Å². The van der Waals surface area contributed by atoms with Gasteiger partial charge in [-0.1, -0.05) is 251 Å². The minimum absolute atomic E-state index is 0.0318. The fourth-order valence-corrected chi connectivity index (χ4v) is 8.75. The molecule has 0 spiro atoms. The summed E-state index contributed by atoms with van der Waals surface area (Å²) >= 11 is 0. The molecule has 2 atom stereocenters. The number of hydrogen-bond donors (Lipinski definition) is 0. The number of hydrogen-bond acceptors (Lipinski definition) is 7. The third-order valence-electron chi connectivity index (χ3n) is 12.2. The number of unbranched alkanes of at least 4 members (excludes halogenated alkanes) is 37. The smallest absolute Gasteiger partial charge is 0.306 e. The summed E-state index contributed by atoms with van der Waals surface area (Å²) in [5.74, 6) is -0.324. The Labute approximate surface area is 380 Å². The number of carbonyl (C=O) groups is 1. The molecule has 0 N–H and O–H groups in total. The summed E-state index contributed by atoms with van der Waals surface area (Å²) in [5, 5.41) is 0. The van der Waals surface area contributed by atoms with Crippen LogP contribution in [-0.4, -0.2) is 70.7 Å². The Balaban J connectivity index is 4.06. The van der Waals surface area contributed by atoms with Gasteiger partial charge in [-0.3, -0.25) is 9.36 Å². The van der Waals surface area contributed by atoms with E-state index in [1.165, 1.54) is 218 Å². The molecule has 9 heteroatoms. The molecular weight excluding hydrogens is 782 g/mol. The highest BCUT2D eigenvalue weighted by Gasteiger charge is 2.20. The van der Waals surface area contributed by atoms with E-state index in [1.807, 2.05) is 21.1 Å². The van der Waals surface area contributed by atoms with Crippen LogP contribution in [0, 0.1) is 0 Å². The normalized spacial score (nSPS) is 13.5. The van der Waals surface area contributed by atoms with Crippen molar-refractivity contribution in [2.45, 2.75) is 277 Å². The number of ether oxygens (including phenoxy) is 2. The first kappa shape index (κ1) is 60.5. The van der Waals surface area contributed by atoms with Gasteiger partial charge in [0.25, 0.3) is 7.82 Å². The molecule has 366 valence electrons. The van der Waals surface area contributed by atoms with Crippen molar-refractivity contribution in [3.05, 3.63) is 0 Å². The lowest BCUT2D eigenvalue weighted by molar-refractivity contribution is -0.870. The van der Waals surface area contributed by atoms with Gasteiger partial charge in [0.15, 0.2) is 0 Å². The number of likely N-dealkylation sites (N-methyl/N-ethyl adjacent to an activating group) is 1. The van der Waals surface area contributed by atoms with Crippen molar-refractivity contribution in [1.82, 2.24) is 0 Å². The number of phosphoric acid groups is 1. The first-order valence-electron chi connectivity index (χ1n) is 26.8. The minimum Gasteiger partial charge on any atom is -0.756 e. The van der Waals surface area contributed by atoms with Crippen molar-refractivity contribution in [3.8, 4) is 0 Å². The van der Waals surface area contributed by atoms with E-state index in [2.05, 4.69) is 13.8 Å². The minimum atomic E-state index is -4.52. The van der Waals surface area contributed by atoms with Crippen LogP contribution in [0.25, 0.3) is 0 Å². The van der Waals surface area contributed by atoms with E-state index in [9.17, 15) is 14.3 Å². The molecule has 0 aliphatic carbocycles. The number of nitrogens with zero attached hydrogens (tertiary/aromatic N) is 1. The first-order valence-corrected chi connectivity index (χ1v) is 28.2. The molecule has 0 amide bonds. The summed E-state index contributed by atoms with van der Waals surface area (Å²) in [6.07, 6.45) is 51.3. The van der Waals surface area contributed by atoms with Gasteiger partial charge in [-0.15, -0.1) is 0 Å². The average molecular weight is 888 g/mol. The van der Waals surface area contributed by atoms with E-state index in [0.29, 0.717) is 24.1 Å². The number of carbonyl (C=O) groups excluding carboxylic acids is 1. The summed E-state index contributed by atoms with van der Waals surface area (Å²) in [6, 6.07) is 0. The molecule has 61 heavy (non-hydrogen) atoms. The summed E-state index contributed by atoms with van der Waals surface area (Å²) < 4.78 is 34.8. The van der Waals surface area contributed by atoms with E-state index in [0.717, 1.165) is 32.1 Å². The zero-order valence-electron chi connectivity index (χ0n) is 41.6. The Morgan fingerprint density at radius 3 is 1.08 bits per heavy atom. The number of esters is 1. The van der Waals surface area contributed by atoms with Gasteiger partial charge >= 0.3 is 5.97 Å². The molecule has 8 nitrogen and oxygen atoms in total. The predicted octanol–water partition coefficient (Wildman–Crippen LogP) is 15.8. The number of rotatable bonds is 51. The first-order chi connectivity index (χ1) is 29.6. The molecule has 0 saturated carbocycles. The van der Waals surface area contributed by atoms with Crippen LogP contribution in [0.3, 0.4) is 0 Å². The van der Waals surface area contributed by atoms with E-state index in [-0.39, 0.29) is 25.8 Å². The third-order valence-corrected chi connectivity index (χ3v) is 13.1. The molecule has 1 unspecified atom stereocenters. The molecular formula is C52H106NO7P. The molecule has 0 aromatic rings. The van der Waals surface area contributed by atoms with Crippen LogP contribution in [-0.2, 0) is 27.9 Å². The van der Waals surface area contributed by atoms with Crippen molar-refractivity contribution in [1.29, 1.82) is 0 Å². The second-order valence-corrected chi connectivity index (χ2v) is 21.0. The lowest BCUT2D eigenvalue weighted by Gasteiger charge is -2.28. The maximum atomic E-state index is 12.8. The highest BCUT2D eigenvalue weighted by Crippen LogP contribution is 2.38. The van der Waals surface area contributed by atoms with Crippen LogP contribution in [0.1, 0.15) is 271 Å². The molecule has 0 aromatic carbocycles. The zero-order valence-corrected chi connectivity index (χ0v) is 42.5. The van der Waals surface area contributed by atoms with Gasteiger partial charge < -0.3 is 27.9 Å². The van der Waals surface area contributed by atoms with E-state index in [1.54, 1.807) is 0 Å². The maximum absolute atomic E-state index is 12.8. The van der Waals surface area contributed by atoms with Gasteiger partial charge in [0.1, 0.15) is 19.3 Å². The van der Waals surface area contributed by atoms with E-state index < -0.39 is 13.9 Å². The Kier molecular flexibility index (Phi) is 45.7. The summed E-state index contributed by atoms with van der Waals surface area (Å²) in [6.45, 7) is 5.50. The Morgan fingerprint density at radius 2 is 0.754 bits per heavy atom.